The normalized spacial score (nSPS) is 14.3. The fourth-order valence-corrected chi connectivity index (χ4v) is 0.729. The molecule has 0 fully saturated rings. The highest BCUT2D eigenvalue weighted by Crippen LogP contribution is 2.06. The summed E-state index contributed by atoms with van der Waals surface area (Å²) in [5.74, 6) is 0.675. The van der Waals surface area contributed by atoms with Crippen LogP contribution in [0.3, 0.4) is 0 Å². The van der Waals surface area contributed by atoms with Crippen molar-refractivity contribution in [1.29, 1.82) is 0 Å². The van der Waals surface area contributed by atoms with Crippen molar-refractivity contribution in [3.8, 4) is 0 Å². The van der Waals surface area contributed by atoms with Crippen LogP contribution in [0.15, 0.2) is 24.3 Å². The number of hydrogen-bond acceptors (Lipinski definition) is 0. The maximum Gasteiger partial charge on any atom is -0.00817 e. The van der Waals surface area contributed by atoms with Crippen molar-refractivity contribution >= 4 is 0 Å². The lowest BCUT2D eigenvalue weighted by Gasteiger charge is -1.99. The van der Waals surface area contributed by atoms with Crippen molar-refractivity contribution in [2.45, 2.75) is 41.0 Å². The van der Waals surface area contributed by atoms with Crippen molar-refractivity contribution in [3.63, 3.8) is 0 Å². The zero-order chi connectivity index (χ0) is 9.11. The zero-order valence-corrected chi connectivity index (χ0v) is 8.59. The molecule has 0 bridgehead atoms. The summed E-state index contributed by atoms with van der Waals surface area (Å²) in [6.07, 6.45) is 9.97. The monoisotopic (exact) mass is 154 g/mol. The first-order chi connectivity index (χ1) is 5.39. The molecule has 0 aromatic carbocycles. The maximum absolute atomic E-state index is 2.22. The van der Waals surface area contributed by atoms with Gasteiger partial charge < -0.3 is 0 Å². The van der Waals surface area contributed by atoms with Crippen LogP contribution in [0.5, 0.6) is 0 Å². The number of rotatable bonds is 0. The molecule has 0 heterocycles. The molecule has 66 valence electrons. The molecule has 0 saturated heterocycles. The van der Waals surface area contributed by atoms with Gasteiger partial charge in [0, 0.05) is 0 Å². The smallest absolute Gasteiger partial charge is 0.00817 e. The van der Waals surface area contributed by atoms with Gasteiger partial charge in [0.15, 0.2) is 0 Å². The Morgan fingerprint density at radius 2 is 1.27 bits per heavy atom. The Balaban J connectivity index is 0. The van der Waals surface area contributed by atoms with Gasteiger partial charge in [0.1, 0.15) is 0 Å². The minimum absolute atomic E-state index is 0.675. The molecule has 0 nitrogen and oxygen atoms in total. The molecular weight excluding hydrogens is 132 g/mol. The van der Waals surface area contributed by atoms with Crippen LogP contribution in [0, 0.1) is 5.92 Å². The van der Waals surface area contributed by atoms with E-state index in [1.54, 1.807) is 0 Å². The number of allylic oxidation sites excluding steroid dienone is 4. The second-order valence-electron chi connectivity index (χ2n) is 1.95. The molecule has 0 aromatic heterocycles. The highest BCUT2D eigenvalue weighted by Gasteiger charge is 1.90. The summed E-state index contributed by atoms with van der Waals surface area (Å²) < 4.78 is 0. The lowest BCUT2D eigenvalue weighted by molar-refractivity contribution is 0.911. The maximum atomic E-state index is 2.22. The van der Waals surface area contributed by atoms with Gasteiger partial charge in [0.2, 0.25) is 0 Å². The summed E-state index contributed by atoms with van der Waals surface area (Å²) in [5, 5.41) is 0. The fourth-order valence-electron chi connectivity index (χ4n) is 0.729. The van der Waals surface area contributed by atoms with Gasteiger partial charge in [-0.2, -0.15) is 0 Å². The van der Waals surface area contributed by atoms with Gasteiger partial charge in [0.25, 0.3) is 0 Å². The van der Waals surface area contributed by atoms with E-state index in [9.17, 15) is 0 Å². The van der Waals surface area contributed by atoms with Gasteiger partial charge >= 0.3 is 0 Å². The predicted octanol–water partition coefficient (Wildman–Crippen LogP) is 4.19. The van der Waals surface area contributed by atoms with E-state index in [4.69, 9.17) is 0 Å². The summed E-state index contributed by atoms with van der Waals surface area (Å²) >= 11 is 0. The molecule has 0 atom stereocenters. The zero-order valence-electron chi connectivity index (χ0n) is 8.59. The van der Waals surface area contributed by atoms with Crippen LogP contribution in [-0.4, -0.2) is 0 Å². The Kier molecular flexibility index (Phi) is 14.5. The van der Waals surface area contributed by atoms with Crippen molar-refractivity contribution < 1.29 is 0 Å². The van der Waals surface area contributed by atoms with Crippen molar-refractivity contribution in [2.75, 3.05) is 0 Å². The van der Waals surface area contributed by atoms with Crippen molar-refractivity contribution in [1.82, 2.24) is 0 Å². The van der Waals surface area contributed by atoms with E-state index in [1.165, 1.54) is 0 Å². The molecule has 0 aliphatic heterocycles. The molecule has 0 radical (unpaired) electrons. The second-order valence-corrected chi connectivity index (χ2v) is 1.95. The Morgan fingerprint density at radius 3 is 1.45 bits per heavy atom. The first-order valence-electron chi connectivity index (χ1n) is 4.73. The Labute approximate surface area is 72.0 Å². The molecule has 0 spiro atoms. The molecule has 1 rings (SSSR count). The van der Waals surface area contributed by atoms with E-state index in [0.29, 0.717) is 5.92 Å². The minimum atomic E-state index is 0.675. The molecule has 0 saturated carbocycles. The van der Waals surface area contributed by atoms with Crippen LogP contribution in [0.25, 0.3) is 0 Å². The Hall–Kier alpha value is -0.520. The summed E-state index contributed by atoms with van der Waals surface area (Å²) in [5.41, 5.74) is 0. The standard InChI is InChI=1S/C7H10.2C2H6/c1-7-5-3-2-4-6-7;2*1-2/h3-7H,2H2,1H3;2*1-2H3. The van der Waals surface area contributed by atoms with Gasteiger partial charge in [0.05, 0.1) is 0 Å². The van der Waals surface area contributed by atoms with E-state index in [0.717, 1.165) is 6.42 Å². The molecule has 0 aromatic rings. The van der Waals surface area contributed by atoms with Crippen molar-refractivity contribution in [3.05, 3.63) is 24.3 Å². The Morgan fingerprint density at radius 1 is 0.909 bits per heavy atom. The van der Waals surface area contributed by atoms with Gasteiger partial charge in [-0.3, -0.25) is 0 Å². The van der Waals surface area contributed by atoms with E-state index in [-0.39, 0.29) is 0 Å². The van der Waals surface area contributed by atoms with Gasteiger partial charge in [-0.1, -0.05) is 58.9 Å². The highest BCUT2D eigenvalue weighted by atomic mass is 14.0. The third-order valence-corrected chi connectivity index (χ3v) is 1.15. The summed E-state index contributed by atoms with van der Waals surface area (Å²) in [6.45, 7) is 10.2. The third kappa shape index (κ3) is 9.48. The van der Waals surface area contributed by atoms with E-state index < -0.39 is 0 Å². The van der Waals surface area contributed by atoms with Crippen LogP contribution in [-0.2, 0) is 0 Å². The second kappa shape index (κ2) is 12.2. The van der Waals surface area contributed by atoms with Gasteiger partial charge in [-0.15, -0.1) is 0 Å². The average Bonchev–Trinajstić information content (AvgIpc) is 2.13. The lowest BCUT2D eigenvalue weighted by atomic mass is 10.1. The predicted molar refractivity (Wildman–Crippen MR) is 54.8 cm³/mol. The molecule has 1 aliphatic carbocycles. The van der Waals surface area contributed by atoms with Gasteiger partial charge in [-0.05, 0) is 12.3 Å². The molecule has 0 heteroatoms. The van der Waals surface area contributed by atoms with Crippen LogP contribution in [0.4, 0.5) is 0 Å². The van der Waals surface area contributed by atoms with Crippen LogP contribution < -0.4 is 0 Å². The fraction of sp³-hybridized carbons (Fsp3) is 0.636. The topological polar surface area (TPSA) is 0 Å². The Bertz CT molecular complexity index is 86.6. The third-order valence-electron chi connectivity index (χ3n) is 1.15. The lowest BCUT2D eigenvalue weighted by Crippen LogP contribution is -1.84. The molecule has 1 aliphatic rings. The molecule has 11 heavy (non-hydrogen) atoms. The molecule has 0 N–H and O–H groups in total. The summed E-state index contributed by atoms with van der Waals surface area (Å²) in [4.78, 5) is 0. The van der Waals surface area contributed by atoms with Crippen LogP contribution >= 0.6 is 0 Å². The highest BCUT2D eigenvalue weighted by molar-refractivity contribution is 5.06. The van der Waals surface area contributed by atoms with Gasteiger partial charge in [-0.25, -0.2) is 0 Å². The van der Waals surface area contributed by atoms with E-state index in [2.05, 4.69) is 31.2 Å². The summed E-state index contributed by atoms with van der Waals surface area (Å²) in [7, 11) is 0. The van der Waals surface area contributed by atoms with Crippen LogP contribution in [0.1, 0.15) is 41.0 Å². The van der Waals surface area contributed by atoms with E-state index >= 15 is 0 Å². The number of hydrogen-bond donors (Lipinski definition) is 0. The molecule has 0 unspecified atom stereocenters. The van der Waals surface area contributed by atoms with Crippen LogP contribution in [0.2, 0.25) is 0 Å². The molecular formula is C11H22. The largest absolute Gasteiger partial charge is 0.0842 e. The van der Waals surface area contributed by atoms with Crippen molar-refractivity contribution in [2.24, 2.45) is 5.92 Å². The first kappa shape index (κ1) is 13.1. The average molecular weight is 154 g/mol. The molecule has 0 amide bonds. The quantitative estimate of drug-likeness (QED) is 0.459. The minimum Gasteiger partial charge on any atom is -0.0842 e. The first-order valence-corrected chi connectivity index (χ1v) is 4.73. The SMILES string of the molecule is CC.CC.CC1C=CCC=C1. The van der Waals surface area contributed by atoms with E-state index in [1.807, 2.05) is 27.7 Å². The summed E-state index contributed by atoms with van der Waals surface area (Å²) in [6, 6.07) is 0.